The molecule has 5 heteroatoms. The predicted molar refractivity (Wildman–Crippen MR) is 84.1 cm³/mol. The van der Waals surface area contributed by atoms with Crippen LogP contribution in [0, 0.1) is 6.92 Å². The molecule has 0 amide bonds. The first kappa shape index (κ1) is 14.3. The summed E-state index contributed by atoms with van der Waals surface area (Å²) in [5, 5.41) is 5.16. The maximum atomic E-state index is 12.3. The van der Waals surface area contributed by atoms with Crippen molar-refractivity contribution in [1.82, 2.24) is 14.8 Å². The van der Waals surface area contributed by atoms with Gasteiger partial charge in [0.15, 0.2) is 5.65 Å². The quantitative estimate of drug-likeness (QED) is 0.548. The third-order valence-electron chi connectivity index (χ3n) is 3.42. The molecule has 0 radical (unpaired) electrons. The average molecular weight is 295 g/mol. The van der Waals surface area contributed by atoms with E-state index in [1.807, 2.05) is 36.7 Å². The van der Waals surface area contributed by atoms with Gasteiger partial charge in [-0.3, -0.25) is 0 Å². The van der Waals surface area contributed by atoms with E-state index in [-0.39, 0.29) is 6.04 Å². The molecule has 0 saturated carbocycles. The molecule has 0 saturated heterocycles. The summed E-state index contributed by atoms with van der Waals surface area (Å²) in [6, 6.07) is 11.0. The van der Waals surface area contributed by atoms with E-state index in [9.17, 15) is 4.79 Å². The van der Waals surface area contributed by atoms with Crippen molar-refractivity contribution in [2.75, 3.05) is 0 Å². The Hall–Kier alpha value is -2.69. The highest BCUT2D eigenvalue weighted by Gasteiger charge is 2.16. The fourth-order valence-corrected chi connectivity index (χ4v) is 2.30. The summed E-state index contributed by atoms with van der Waals surface area (Å²) in [4.78, 5) is 16.8. The molecule has 0 aliphatic rings. The van der Waals surface area contributed by atoms with E-state index in [1.165, 1.54) is 0 Å². The average Bonchev–Trinajstić information content (AvgIpc) is 2.90. The van der Waals surface area contributed by atoms with Crippen molar-refractivity contribution in [2.45, 2.75) is 26.8 Å². The van der Waals surface area contributed by atoms with Gasteiger partial charge in [0.25, 0.3) is 0 Å². The second kappa shape index (κ2) is 5.60. The number of hydrogen-bond donors (Lipinski definition) is 0. The van der Waals surface area contributed by atoms with Crippen LogP contribution < -0.4 is 4.74 Å². The van der Waals surface area contributed by atoms with Crippen LogP contribution in [0.3, 0.4) is 0 Å². The van der Waals surface area contributed by atoms with Gasteiger partial charge in [0, 0.05) is 11.4 Å². The number of pyridine rings is 1. The van der Waals surface area contributed by atoms with Crippen molar-refractivity contribution in [1.29, 1.82) is 0 Å². The van der Waals surface area contributed by atoms with Crippen molar-refractivity contribution in [2.24, 2.45) is 0 Å². The number of ether oxygens (including phenoxy) is 1. The van der Waals surface area contributed by atoms with E-state index >= 15 is 0 Å². The minimum Gasteiger partial charge on any atom is -0.423 e. The number of esters is 1. The molecule has 0 spiro atoms. The molecule has 3 aromatic rings. The van der Waals surface area contributed by atoms with Crippen LogP contribution in [-0.4, -0.2) is 20.7 Å². The Labute approximate surface area is 128 Å². The normalized spacial score (nSPS) is 11.1. The molecular formula is C17H17N3O2. The molecule has 2 aromatic heterocycles. The molecule has 2 heterocycles. The highest BCUT2D eigenvalue weighted by Crippen LogP contribution is 2.20. The Morgan fingerprint density at radius 1 is 1.23 bits per heavy atom. The highest BCUT2D eigenvalue weighted by atomic mass is 16.5. The van der Waals surface area contributed by atoms with Crippen molar-refractivity contribution in [3.8, 4) is 5.75 Å². The number of hydrogen-bond acceptors (Lipinski definition) is 4. The van der Waals surface area contributed by atoms with Crippen LogP contribution in [0.4, 0.5) is 0 Å². The number of carbonyl (C=O) groups is 1. The molecule has 0 aliphatic carbocycles. The SMILES string of the molecule is Cc1nc2c(cnn2C(C)C)cc1C(=O)Oc1ccccc1. The van der Waals surface area contributed by atoms with Crippen LogP contribution in [0.5, 0.6) is 5.75 Å². The molecule has 3 rings (SSSR count). The standard InChI is InChI=1S/C17H17N3O2/c1-11(2)20-16-13(10-18-20)9-15(12(3)19-16)17(21)22-14-7-5-4-6-8-14/h4-11H,1-3H3. The van der Waals surface area contributed by atoms with E-state index in [1.54, 1.807) is 31.3 Å². The predicted octanol–water partition coefficient (Wildman–Crippen LogP) is 3.54. The van der Waals surface area contributed by atoms with Gasteiger partial charge in [-0.05, 0) is 39.0 Å². The van der Waals surface area contributed by atoms with Crippen molar-refractivity contribution >= 4 is 17.0 Å². The number of fused-ring (bicyclic) bond motifs is 1. The van der Waals surface area contributed by atoms with Crippen LogP contribution in [0.2, 0.25) is 0 Å². The molecule has 0 unspecified atom stereocenters. The fourth-order valence-electron chi connectivity index (χ4n) is 2.30. The van der Waals surface area contributed by atoms with Gasteiger partial charge in [-0.1, -0.05) is 18.2 Å². The summed E-state index contributed by atoms with van der Waals surface area (Å²) in [6.07, 6.45) is 1.72. The van der Waals surface area contributed by atoms with Crippen molar-refractivity contribution in [3.63, 3.8) is 0 Å². The smallest absolute Gasteiger partial charge is 0.345 e. The molecule has 0 N–H and O–H groups in total. The van der Waals surface area contributed by atoms with Crippen LogP contribution >= 0.6 is 0 Å². The number of nitrogens with zero attached hydrogens (tertiary/aromatic N) is 3. The van der Waals surface area contributed by atoms with Crippen molar-refractivity contribution in [3.05, 3.63) is 53.9 Å². The zero-order chi connectivity index (χ0) is 15.7. The second-order valence-corrected chi connectivity index (χ2v) is 5.42. The lowest BCUT2D eigenvalue weighted by Gasteiger charge is -2.09. The Balaban J connectivity index is 1.97. The summed E-state index contributed by atoms with van der Waals surface area (Å²) in [5.74, 6) is 0.111. The first-order chi connectivity index (χ1) is 10.6. The zero-order valence-electron chi connectivity index (χ0n) is 12.8. The Morgan fingerprint density at radius 3 is 2.64 bits per heavy atom. The lowest BCUT2D eigenvalue weighted by molar-refractivity contribution is 0.0733. The molecule has 0 fully saturated rings. The number of aromatic nitrogens is 3. The van der Waals surface area contributed by atoms with Gasteiger partial charge in [0.2, 0.25) is 0 Å². The molecule has 0 atom stereocenters. The lowest BCUT2D eigenvalue weighted by atomic mass is 10.1. The monoisotopic (exact) mass is 295 g/mol. The molecular weight excluding hydrogens is 278 g/mol. The van der Waals surface area contributed by atoms with Crippen LogP contribution in [0.15, 0.2) is 42.6 Å². The fraction of sp³-hybridized carbons (Fsp3) is 0.235. The third kappa shape index (κ3) is 2.57. The molecule has 22 heavy (non-hydrogen) atoms. The van der Waals surface area contributed by atoms with E-state index in [0.29, 0.717) is 17.0 Å². The Kier molecular flexibility index (Phi) is 3.63. The maximum absolute atomic E-state index is 12.3. The first-order valence-corrected chi connectivity index (χ1v) is 7.18. The maximum Gasteiger partial charge on any atom is 0.345 e. The molecule has 1 aromatic carbocycles. The number of para-hydroxylation sites is 1. The lowest BCUT2D eigenvalue weighted by Crippen LogP contribution is -2.12. The van der Waals surface area contributed by atoms with Crippen LogP contribution in [0.25, 0.3) is 11.0 Å². The Morgan fingerprint density at radius 2 is 1.95 bits per heavy atom. The number of carbonyl (C=O) groups excluding carboxylic acids is 1. The summed E-state index contributed by atoms with van der Waals surface area (Å²) < 4.78 is 7.22. The molecule has 5 nitrogen and oxygen atoms in total. The van der Waals surface area contributed by atoms with Gasteiger partial charge >= 0.3 is 5.97 Å². The van der Waals surface area contributed by atoms with Gasteiger partial charge < -0.3 is 4.74 Å². The van der Waals surface area contributed by atoms with Gasteiger partial charge in [-0.2, -0.15) is 5.10 Å². The van der Waals surface area contributed by atoms with E-state index < -0.39 is 5.97 Å². The van der Waals surface area contributed by atoms with E-state index in [2.05, 4.69) is 10.1 Å². The Bertz CT molecular complexity index is 823. The minimum atomic E-state index is -0.407. The summed E-state index contributed by atoms with van der Waals surface area (Å²) in [7, 11) is 0. The van der Waals surface area contributed by atoms with Crippen LogP contribution in [-0.2, 0) is 0 Å². The highest BCUT2D eigenvalue weighted by molar-refractivity contribution is 5.95. The van der Waals surface area contributed by atoms with Gasteiger partial charge in [-0.15, -0.1) is 0 Å². The largest absolute Gasteiger partial charge is 0.423 e. The first-order valence-electron chi connectivity index (χ1n) is 7.18. The van der Waals surface area contributed by atoms with Gasteiger partial charge in [0.1, 0.15) is 5.75 Å². The topological polar surface area (TPSA) is 57.0 Å². The third-order valence-corrected chi connectivity index (χ3v) is 3.42. The molecule has 0 bridgehead atoms. The summed E-state index contributed by atoms with van der Waals surface area (Å²) >= 11 is 0. The number of benzene rings is 1. The summed E-state index contributed by atoms with van der Waals surface area (Å²) in [5.41, 5.74) is 1.87. The minimum absolute atomic E-state index is 0.214. The number of aryl methyl sites for hydroxylation is 1. The zero-order valence-corrected chi connectivity index (χ0v) is 12.8. The second-order valence-electron chi connectivity index (χ2n) is 5.42. The number of rotatable bonds is 3. The van der Waals surface area contributed by atoms with E-state index in [4.69, 9.17) is 4.74 Å². The molecule has 0 aliphatic heterocycles. The van der Waals surface area contributed by atoms with Gasteiger partial charge in [-0.25, -0.2) is 14.5 Å². The summed E-state index contributed by atoms with van der Waals surface area (Å²) in [6.45, 7) is 5.89. The van der Waals surface area contributed by atoms with Gasteiger partial charge in [0.05, 0.1) is 17.5 Å². The van der Waals surface area contributed by atoms with Crippen molar-refractivity contribution < 1.29 is 9.53 Å². The van der Waals surface area contributed by atoms with Crippen LogP contribution in [0.1, 0.15) is 35.9 Å². The molecule has 112 valence electrons. The van der Waals surface area contributed by atoms with E-state index in [0.717, 1.165) is 11.0 Å².